The second kappa shape index (κ2) is 7.44. The van der Waals surface area contributed by atoms with Crippen LogP contribution in [0.4, 0.5) is 13.2 Å². The van der Waals surface area contributed by atoms with Gasteiger partial charge in [0, 0.05) is 37.3 Å². The van der Waals surface area contributed by atoms with Crippen LogP contribution < -0.4 is 4.74 Å². The molecule has 0 spiro atoms. The molecule has 7 nitrogen and oxygen atoms in total. The van der Waals surface area contributed by atoms with E-state index in [-0.39, 0.29) is 12.5 Å². The molecule has 31 heavy (non-hydrogen) atoms. The summed E-state index contributed by atoms with van der Waals surface area (Å²) < 4.78 is 47.4. The van der Waals surface area contributed by atoms with E-state index in [1.807, 2.05) is 6.92 Å². The van der Waals surface area contributed by atoms with Gasteiger partial charge in [-0.05, 0) is 31.5 Å². The summed E-state index contributed by atoms with van der Waals surface area (Å²) >= 11 is 0. The third-order valence-electron chi connectivity index (χ3n) is 5.64. The van der Waals surface area contributed by atoms with Crippen LogP contribution in [0.25, 0.3) is 11.4 Å². The van der Waals surface area contributed by atoms with E-state index in [4.69, 9.17) is 4.74 Å². The van der Waals surface area contributed by atoms with Crippen molar-refractivity contribution < 1.29 is 22.7 Å². The first-order chi connectivity index (χ1) is 14.6. The maximum absolute atomic E-state index is 13.1. The number of carbonyl (C=O) groups is 1. The highest BCUT2D eigenvalue weighted by Crippen LogP contribution is 2.35. The summed E-state index contributed by atoms with van der Waals surface area (Å²) in [4.78, 5) is 14.8. The molecule has 1 aliphatic heterocycles. The van der Waals surface area contributed by atoms with Gasteiger partial charge >= 0.3 is 6.18 Å². The Hall–Kier alpha value is -3.30. The van der Waals surface area contributed by atoms with Crippen LogP contribution in [-0.2, 0) is 33.2 Å². The van der Waals surface area contributed by atoms with Gasteiger partial charge < -0.3 is 9.64 Å². The lowest BCUT2D eigenvalue weighted by Crippen LogP contribution is -2.36. The van der Waals surface area contributed by atoms with Gasteiger partial charge in [-0.25, -0.2) is 0 Å². The molecule has 1 aromatic carbocycles. The number of alkyl halides is 3. The summed E-state index contributed by atoms with van der Waals surface area (Å²) in [6.45, 7) is 2.55. The Morgan fingerprint density at radius 1 is 1.16 bits per heavy atom. The second-order valence-electron chi connectivity index (χ2n) is 7.54. The zero-order valence-corrected chi connectivity index (χ0v) is 17.6. The van der Waals surface area contributed by atoms with Crippen LogP contribution in [0.2, 0.25) is 0 Å². The molecule has 2 aromatic heterocycles. The number of rotatable bonds is 3. The van der Waals surface area contributed by atoms with E-state index in [1.165, 1.54) is 11.7 Å². The molecule has 0 N–H and O–H groups in total. The van der Waals surface area contributed by atoms with Crippen molar-refractivity contribution in [2.45, 2.75) is 26.1 Å². The zero-order chi connectivity index (χ0) is 22.5. The summed E-state index contributed by atoms with van der Waals surface area (Å²) in [5.41, 5.74) is 2.81. The lowest BCUT2D eigenvalue weighted by molar-refractivity contribution is -0.141. The van der Waals surface area contributed by atoms with E-state index in [9.17, 15) is 18.0 Å². The second-order valence-corrected chi connectivity index (χ2v) is 7.54. The van der Waals surface area contributed by atoms with E-state index in [2.05, 4.69) is 10.2 Å². The van der Waals surface area contributed by atoms with E-state index in [1.54, 1.807) is 41.9 Å². The molecule has 0 saturated heterocycles. The number of aryl methyl sites for hydroxylation is 2. The van der Waals surface area contributed by atoms with Crippen molar-refractivity contribution >= 4 is 5.91 Å². The number of nitrogens with zero attached hydrogens (tertiary/aromatic N) is 5. The van der Waals surface area contributed by atoms with Gasteiger partial charge in [-0.1, -0.05) is 6.07 Å². The number of ether oxygens (including phenoxy) is 1. The Labute approximate surface area is 177 Å². The van der Waals surface area contributed by atoms with Crippen LogP contribution in [0.15, 0.2) is 24.3 Å². The van der Waals surface area contributed by atoms with Crippen molar-refractivity contribution in [1.29, 1.82) is 0 Å². The molecular formula is C21H22F3N5O2. The molecule has 1 aliphatic rings. The highest BCUT2D eigenvalue weighted by atomic mass is 19.4. The Balaban J connectivity index is 1.66. The van der Waals surface area contributed by atoms with E-state index < -0.39 is 11.9 Å². The molecule has 10 heteroatoms. The Morgan fingerprint density at radius 2 is 1.90 bits per heavy atom. The number of halogens is 3. The normalized spacial score (nSPS) is 14.0. The molecule has 0 unspecified atom stereocenters. The first-order valence-corrected chi connectivity index (χ1v) is 9.71. The summed E-state index contributed by atoms with van der Waals surface area (Å²) in [6, 6.07) is 6.37. The molecule has 0 radical (unpaired) electrons. The zero-order valence-electron chi connectivity index (χ0n) is 17.6. The van der Waals surface area contributed by atoms with Gasteiger partial charge in [0.25, 0.3) is 5.91 Å². The molecule has 0 fully saturated rings. The number of benzene rings is 1. The Kier molecular flexibility index (Phi) is 5.03. The lowest BCUT2D eigenvalue weighted by Gasteiger charge is -2.27. The largest absolute Gasteiger partial charge is 0.496 e. The van der Waals surface area contributed by atoms with Crippen molar-refractivity contribution in [3.05, 3.63) is 52.3 Å². The van der Waals surface area contributed by atoms with Crippen molar-refractivity contribution in [2.24, 2.45) is 14.1 Å². The molecule has 1 amide bonds. The minimum atomic E-state index is -4.52. The fourth-order valence-corrected chi connectivity index (χ4v) is 4.08. The van der Waals surface area contributed by atoms with Gasteiger partial charge in [0.15, 0.2) is 5.69 Å². The van der Waals surface area contributed by atoms with E-state index in [0.717, 1.165) is 17.2 Å². The molecule has 0 saturated carbocycles. The average Bonchev–Trinajstić information content (AvgIpc) is 3.25. The minimum absolute atomic E-state index is 0.130. The smallest absolute Gasteiger partial charge is 0.435 e. The van der Waals surface area contributed by atoms with Gasteiger partial charge in [0.05, 0.1) is 30.7 Å². The van der Waals surface area contributed by atoms with E-state index in [0.29, 0.717) is 41.4 Å². The summed E-state index contributed by atoms with van der Waals surface area (Å²) in [6.07, 6.45) is -4.04. The number of carbonyl (C=O) groups excluding carboxylic acids is 1. The minimum Gasteiger partial charge on any atom is -0.496 e. The monoisotopic (exact) mass is 433 g/mol. The third-order valence-corrected chi connectivity index (χ3v) is 5.64. The maximum Gasteiger partial charge on any atom is 0.435 e. The van der Waals surface area contributed by atoms with Crippen molar-refractivity contribution in [2.75, 3.05) is 13.7 Å². The predicted molar refractivity (Wildman–Crippen MR) is 107 cm³/mol. The van der Waals surface area contributed by atoms with Crippen LogP contribution in [0.1, 0.15) is 32.9 Å². The lowest BCUT2D eigenvalue weighted by atomic mass is 10.0. The number of hydrogen-bond donors (Lipinski definition) is 0. The number of methoxy groups -OCH3 is 1. The first-order valence-electron chi connectivity index (χ1n) is 9.71. The number of amides is 1. The molecule has 3 heterocycles. The third kappa shape index (κ3) is 3.55. The fourth-order valence-electron chi connectivity index (χ4n) is 4.08. The molecule has 3 aromatic rings. The predicted octanol–water partition coefficient (Wildman–Crippen LogP) is 3.35. The van der Waals surface area contributed by atoms with Crippen LogP contribution in [0, 0.1) is 6.92 Å². The van der Waals surface area contributed by atoms with Crippen molar-refractivity contribution in [1.82, 2.24) is 24.5 Å². The Bertz CT molecular complexity index is 1160. The quantitative estimate of drug-likeness (QED) is 0.636. The molecule has 0 atom stereocenters. The van der Waals surface area contributed by atoms with Crippen molar-refractivity contribution in [3.8, 4) is 17.1 Å². The molecule has 164 valence electrons. The van der Waals surface area contributed by atoms with Crippen LogP contribution in [0.3, 0.4) is 0 Å². The average molecular weight is 433 g/mol. The van der Waals surface area contributed by atoms with Crippen LogP contribution in [0.5, 0.6) is 5.75 Å². The van der Waals surface area contributed by atoms with Crippen LogP contribution in [-0.4, -0.2) is 44.0 Å². The molecule has 0 bridgehead atoms. The summed E-state index contributed by atoms with van der Waals surface area (Å²) in [5, 5.41) is 8.11. The van der Waals surface area contributed by atoms with Gasteiger partial charge in [0.2, 0.25) is 0 Å². The Morgan fingerprint density at radius 3 is 2.55 bits per heavy atom. The van der Waals surface area contributed by atoms with Gasteiger partial charge in [-0.2, -0.15) is 23.4 Å². The standard InChI is InChI=1S/C21H22F3N5O2/c1-12-13(6-5-7-17(12)31-4)20(30)29-9-8-14-15(11-29)25-28(3)19(14)16-10-18(21(22,23)24)26-27(16)2/h5-7,10H,8-9,11H2,1-4H3. The maximum atomic E-state index is 13.1. The highest BCUT2D eigenvalue weighted by Gasteiger charge is 2.36. The highest BCUT2D eigenvalue weighted by molar-refractivity contribution is 5.96. The van der Waals surface area contributed by atoms with Gasteiger partial charge in [-0.15, -0.1) is 0 Å². The van der Waals surface area contributed by atoms with Crippen LogP contribution >= 0.6 is 0 Å². The van der Waals surface area contributed by atoms with Crippen molar-refractivity contribution in [3.63, 3.8) is 0 Å². The summed E-state index contributed by atoms with van der Waals surface area (Å²) in [5.74, 6) is 0.509. The number of fused-ring (bicyclic) bond motifs is 1. The molecule has 4 rings (SSSR count). The topological polar surface area (TPSA) is 65.2 Å². The number of hydrogen-bond acceptors (Lipinski definition) is 4. The number of aromatic nitrogens is 4. The first kappa shape index (κ1) is 21.0. The van der Waals surface area contributed by atoms with Gasteiger partial charge in [-0.3, -0.25) is 14.2 Å². The summed E-state index contributed by atoms with van der Waals surface area (Å²) in [7, 11) is 4.72. The van der Waals surface area contributed by atoms with E-state index >= 15 is 0 Å². The SMILES string of the molecule is COc1cccc(C(=O)N2CCc3c(nn(C)c3-c3cc(C(F)(F)F)nn3C)C2)c1C. The molecule has 0 aliphatic carbocycles. The fraction of sp³-hybridized carbons (Fsp3) is 0.381. The molecular weight excluding hydrogens is 411 g/mol. The van der Waals surface area contributed by atoms with Gasteiger partial charge in [0.1, 0.15) is 5.75 Å².